The van der Waals surface area contributed by atoms with Crippen LogP contribution in [0.25, 0.3) is 0 Å². The number of amides is 1. The van der Waals surface area contributed by atoms with Crippen LogP contribution in [0.3, 0.4) is 0 Å². The highest BCUT2D eigenvalue weighted by Crippen LogP contribution is 2.13. The predicted octanol–water partition coefficient (Wildman–Crippen LogP) is 1.99. The first-order chi connectivity index (χ1) is 9.92. The van der Waals surface area contributed by atoms with Crippen molar-refractivity contribution >= 4 is 21.6 Å². The standard InChI is InChI=1S/C14H13FN2O3S/c1-16-21(19,20)13-8-2-10(3-9-13)14(18)17-12-6-4-11(15)5-7-12/h2-9,16H,1H3,(H,17,18). The number of halogens is 1. The van der Waals surface area contributed by atoms with E-state index in [1.54, 1.807) is 0 Å². The second kappa shape index (κ2) is 6.02. The third kappa shape index (κ3) is 3.65. The Balaban J connectivity index is 2.15. The van der Waals surface area contributed by atoms with E-state index in [-0.39, 0.29) is 4.90 Å². The van der Waals surface area contributed by atoms with Gasteiger partial charge in [-0.15, -0.1) is 0 Å². The van der Waals surface area contributed by atoms with Crippen molar-refractivity contribution in [3.63, 3.8) is 0 Å². The fourth-order valence-electron chi connectivity index (χ4n) is 1.64. The molecule has 110 valence electrons. The first kappa shape index (κ1) is 15.1. The van der Waals surface area contributed by atoms with Gasteiger partial charge in [-0.2, -0.15) is 0 Å². The van der Waals surface area contributed by atoms with E-state index >= 15 is 0 Å². The molecule has 2 rings (SSSR count). The molecule has 7 heteroatoms. The predicted molar refractivity (Wildman–Crippen MR) is 77.0 cm³/mol. The Hall–Kier alpha value is -2.25. The zero-order chi connectivity index (χ0) is 15.5. The summed E-state index contributed by atoms with van der Waals surface area (Å²) in [7, 11) is -2.22. The first-order valence-electron chi connectivity index (χ1n) is 6.03. The summed E-state index contributed by atoms with van der Waals surface area (Å²) in [5.41, 5.74) is 0.753. The van der Waals surface area contributed by atoms with Gasteiger partial charge in [0, 0.05) is 11.3 Å². The van der Waals surface area contributed by atoms with E-state index in [0.29, 0.717) is 11.3 Å². The molecule has 0 unspecified atom stereocenters. The van der Waals surface area contributed by atoms with Crippen LogP contribution in [-0.2, 0) is 10.0 Å². The molecule has 1 amide bonds. The van der Waals surface area contributed by atoms with E-state index in [4.69, 9.17) is 0 Å². The zero-order valence-electron chi connectivity index (χ0n) is 11.1. The van der Waals surface area contributed by atoms with Gasteiger partial charge in [0.15, 0.2) is 0 Å². The molecule has 0 spiro atoms. The Morgan fingerprint density at radius 3 is 2.10 bits per heavy atom. The highest BCUT2D eigenvalue weighted by molar-refractivity contribution is 7.89. The number of hydrogen-bond acceptors (Lipinski definition) is 3. The van der Waals surface area contributed by atoms with Gasteiger partial charge < -0.3 is 5.32 Å². The quantitative estimate of drug-likeness (QED) is 0.907. The molecule has 0 radical (unpaired) electrons. The number of nitrogens with one attached hydrogen (secondary N) is 2. The van der Waals surface area contributed by atoms with Gasteiger partial charge in [-0.3, -0.25) is 4.79 Å². The highest BCUT2D eigenvalue weighted by atomic mass is 32.2. The zero-order valence-corrected chi connectivity index (χ0v) is 11.9. The minimum atomic E-state index is -3.53. The van der Waals surface area contributed by atoms with Crippen LogP contribution in [-0.4, -0.2) is 21.4 Å². The molecule has 0 heterocycles. The van der Waals surface area contributed by atoms with Crippen molar-refractivity contribution in [2.75, 3.05) is 12.4 Å². The smallest absolute Gasteiger partial charge is 0.255 e. The lowest BCUT2D eigenvalue weighted by Gasteiger charge is -2.06. The van der Waals surface area contributed by atoms with E-state index in [9.17, 15) is 17.6 Å². The molecule has 0 atom stereocenters. The second-order valence-electron chi connectivity index (χ2n) is 4.19. The number of anilines is 1. The third-order valence-corrected chi connectivity index (χ3v) is 4.23. The van der Waals surface area contributed by atoms with Gasteiger partial charge in [-0.05, 0) is 55.6 Å². The molecule has 0 aromatic heterocycles. The van der Waals surface area contributed by atoms with E-state index in [0.717, 1.165) is 0 Å². The van der Waals surface area contributed by atoms with Gasteiger partial charge in [-0.25, -0.2) is 17.5 Å². The summed E-state index contributed by atoms with van der Waals surface area (Å²) in [6.45, 7) is 0. The Labute approximate surface area is 121 Å². The van der Waals surface area contributed by atoms with Crippen LogP contribution in [0.2, 0.25) is 0 Å². The SMILES string of the molecule is CNS(=O)(=O)c1ccc(C(=O)Nc2ccc(F)cc2)cc1. The van der Waals surface area contributed by atoms with Gasteiger partial charge in [0.1, 0.15) is 5.82 Å². The Morgan fingerprint density at radius 1 is 1.00 bits per heavy atom. The summed E-state index contributed by atoms with van der Waals surface area (Å²) in [4.78, 5) is 12.0. The Bertz CT molecular complexity index is 741. The van der Waals surface area contributed by atoms with Gasteiger partial charge in [-0.1, -0.05) is 0 Å². The molecule has 2 N–H and O–H groups in total. The van der Waals surface area contributed by atoms with Crippen molar-refractivity contribution in [3.8, 4) is 0 Å². The van der Waals surface area contributed by atoms with Crippen molar-refractivity contribution in [2.45, 2.75) is 4.90 Å². The molecule has 21 heavy (non-hydrogen) atoms. The number of rotatable bonds is 4. The highest BCUT2D eigenvalue weighted by Gasteiger charge is 2.12. The lowest BCUT2D eigenvalue weighted by molar-refractivity contribution is 0.102. The maximum atomic E-state index is 12.8. The molecule has 5 nitrogen and oxygen atoms in total. The summed E-state index contributed by atoms with van der Waals surface area (Å²) < 4.78 is 38.1. The van der Waals surface area contributed by atoms with E-state index < -0.39 is 21.7 Å². The minimum absolute atomic E-state index is 0.0725. The maximum Gasteiger partial charge on any atom is 0.255 e. The lowest BCUT2D eigenvalue weighted by Crippen LogP contribution is -2.19. The normalized spacial score (nSPS) is 11.1. The van der Waals surface area contributed by atoms with Crippen molar-refractivity contribution < 1.29 is 17.6 Å². The molecule has 2 aromatic rings. The van der Waals surface area contributed by atoms with Crippen LogP contribution in [0.4, 0.5) is 10.1 Å². The minimum Gasteiger partial charge on any atom is -0.322 e. The summed E-state index contributed by atoms with van der Waals surface area (Å²) in [6, 6.07) is 10.8. The number of sulfonamides is 1. The van der Waals surface area contributed by atoms with Gasteiger partial charge >= 0.3 is 0 Å². The van der Waals surface area contributed by atoms with Crippen LogP contribution < -0.4 is 10.0 Å². The second-order valence-corrected chi connectivity index (χ2v) is 6.08. The van der Waals surface area contributed by atoms with Crippen molar-refractivity contribution in [1.82, 2.24) is 4.72 Å². The van der Waals surface area contributed by atoms with Crippen LogP contribution in [0.5, 0.6) is 0 Å². The molecule has 0 saturated carbocycles. The van der Waals surface area contributed by atoms with E-state index in [1.807, 2.05) is 0 Å². The number of benzene rings is 2. The molecule has 0 fully saturated rings. The van der Waals surface area contributed by atoms with Crippen molar-refractivity contribution in [3.05, 3.63) is 59.9 Å². The summed E-state index contributed by atoms with van der Waals surface area (Å²) in [5, 5.41) is 2.59. The fraction of sp³-hybridized carbons (Fsp3) is 0.0714. The molecule has 0 aliphatic rings. The van der Waals surface area contributed by atoms with Crippen LogP contribution >= 0.6 is 0 Å². The molecular formula is C14H13FN2O3S. The van der Waals surface area contributed by atoms with Crippen molar-refractivity contribution in [2.24, 2.45) is 0 Å². The molecule has 0 saturated heterocycles. The largest absolute Gasteiger partial charge is 0.322 e. The van der Waals surface area contributed by atoms with Crippen LogP contribution in [0, 0.1) is 5.82 Å². The molecule has 0 aliphatic heterocycles. The van der Waals surface area contributed by atoms with Crippen molar-refractivity contribution in [1.29, 1.82) is 0 Å². The summed E-state index contributed by atoms with van der Waals surface area (Å²) >= 11 is 0. The fourth-order valence-corrected chi connectivity index (χ4v) is 2.37. The molecule has 2 aromatic carbocycles. The third-order valence-electron chi connectivity index (χ3n) is 2.80. The van der Waals surface area contributed by atoms with Gasteiger partial charge in [0.25, 0.3) is 5.91 Å². The van der Waals surface area contributed by atoms with Gasteiger partial charge in [0.2, 0.25) is 10.0 Å². The van der Waals surface area contributed by atoms with E-state index in [2.05, 4.69) is 10.0 Å². The Kier molecular flexibility index (Phi) is 4.35. The van der Waals surface area contributed by atoms with Crippen LogP contribution in [0.1, 0.15) is 10.4 Å². The number of carbonyl (C=O) groups is 1. The molecule has 0 aliphatic carbocycles. The molecular weight excluding hydrogens is 295 g/mol. The summed E-state index contributed by atoms with van der Waals surface area (Å²) in [5.74, 6) is -0.801. The maximum absolute atomic E-state index is 12.8. The number of carbonyl (C=O) groups excluding carboxylic acids is 1. The average Bonchev–Trinajstić information content (AvgIpc) is 2.49. The van der Waals surface area contributed by atoms with E-state index in [1.165, 1.54) is 55.6 Å². The monoisotopic (exact) mass is 308 g/mol. The number of hydrogen-bond donors (Lipinski definition) is 2. The summed E-state index contributed by atoms with van der Waals surface area (Å²) in [6.07, 6.45) is 0. The van der Waals surface area contributed by atoms with Gasteiger partial charge in [0.05, 0.1) is 4.90 Å². The first-order valence-corrected chi connectivity index (χ1v) is 7.51. The Morgan fingerprint density at radius 2 is 1.57 bits per heavy atom. The molecule has 0 bridgehead atoms. The van der Waals surface area contributed by atoms with Crippen LogP contribution in [0.15, 0.2) is 53.4 Å². The lowest BCUT2D eigenvalue weighted by atomic mass is 10.2. The average molecular weight is 308 g/mol. The topological polar surface area (TPSA) is 75.3 Å².